The number of thioether (sulfide) groups is 1. The number of H-pyrrole nitrogens is 1. The van der Waals surface area contributed by atoms with Crippen molar-refractivity contribution in [1.82, 2.24) is 10.1 Å². The first-order valence-electron chi connectivity index (χ1n) is 10.7. The van der Waals surface area contributed by atoms with Crippen LogP contribution >= 0.6 is 23.4 Å². The van der Waals surface area contributed by atoms with E-state index >= 15 is 0 Å². The van der Waals surface area contributed by atoms with Crippen molar-refractivity contribution in [2.45, 2.75) is 17.1 Å². The van der Waals surface area contributed by atoms with Gasteiger partial charge in [0.25, 0.3) is 6.17 Å². The molecule has 0 radical (unpaired) electrons. The number of para-hydroxylation sites is 2. The Morgan fingerprint density at radius 2 is 1.83 bits per heavy atom. The Labute approximate surface area is 209 Å². The van der Waals surface area contributed by atoms with Crippen LogP contribution < -0.4 is 20.3 Å². The molecule has 0 unspecified atom stereocenters. The standard InChI is InChI=1S/C25H19ClN4O4S/c26-16-11-9-15(10-12-16)14-35-25-28-24(33)22-17-5-1-3-7-19(17)27-23(30(22)29-25)18-6-2-4-8-20(18)34-13-21(31)32/h1-12,23H,13-14H2,(H2,28,29,31,32,33)/p+1/t23-/m1/s1. The molecule has 0 saturated carbocycles. The van der Waals surface area contributed by atoms with Gasteiger partial charge < -0.3 is 15.2 Å². The van der Waals surface area contributed by atoms with E-state index in [9.17, 15) is 9.59 Å². The molecule has 8 nitrogen and oxygen atoms in total. The largest absolute Gasteiger partial charge is 0.481 e. The van der Waals surface area contributed by atoms with Crippen molar-refractivity contribution in [2.75, 3.05) is 11.9 Å². The van der Waals surface area contributed by atoms with Crippen molar-refractivity contribution in [3.63, 3.8) is 0 Å². The van der Waals surface area contributed by atoms with Gasteiger partial charge in [-0.15, -0.1) is 0 Å². The molecule has 3 N–H and O–H groups in total. The fourth-order valence-electron chi connectivity index (χ4n) is 3.87. The normalized spacial score (nSPS) is 13.9. The number of nitrogens with one attached hydrogen (secondary N) is 2. The minimum Gasteiger partial charge on any atom is -0.481 e. The smallest absolute Gasteiger partial charge is 0.341 e. The molecule has 0 aliphatic carbocycles. The Kier molecular flexibility index (Phi) is 6.43. The number of carboxylic acids is 1. The number of aromatic amines is 1. The lowest BCUT2D eigenvalue weighted by molar-refractivity contribution is -0.759. The first-order chi connectivity index (χ1) is 17.0. The molecule has 2 heterocycles. The molecule has 35 heavy (non-hydrogen) atoms. The maximum absolute atomic E-state index is 13.3. The predicted octanol–water partition coefficient (Wildman–Crippen LogP) is 4.11. The number of aliphatic carboxylic acids is 1. The van der Waals surface area contributed by atoms with Crippen molar-refractivity contribution >= 4 is 35.0 Å². The summed E-state index contributed by atoms with van der Waals surface area (Å²) in [5, 5.41) is 18.4. The van der Waals surface area contributed by atoms with Gasteiger partial charge in [0.2, 0.25) is 5.16 Å². The molecule has 10 heteroatoms. The van der Waals surface area contributed by atoms with Gasteiger partial charge >= 0.3 is 17.2 Å². The Hall–Kier alpha value is -3.82. The third kappa shape index (κ3) is 4.87. The lowest BCUT2D eigenvalue weighted by Gasteiger charge is -2.23. The number of benzene rings is 3. The first-order valence-corrected chi connectivity index (χ1v) is 12.1. The molecule has 0 bridgehead atoms. The number of fused-ring (bicyclic) bond motifs is 3. The second-order valence-electron chi connectivity index (χ2n) is 7.78. The van der Waals surface area contributed by atoms with Crippen LogP contribution in [0.5, 0.6) is 5.75 Å². The summed E-state index contributed by atoms with van der Waals surface area (Å²) in [6.07, 6.45) is -0.595. The fourth-order valence-corrected chi connectivity index (χ4v) is 4.81. The van der Waals surface area contributed by atoms with E-state index in [0.717, 1.165) is 16.8 Å². The van der Waals surface area contributed by atoms with Gasteiger partial charge in [0.05, 0.1) is 16.8 Å². The third-order valence-electron chi connectivity index (χ3n) is 5.44. The van der Waals surface area contributed by atoms with Crippen molar-refractivity contribution in [3.8, 4) is 17.0 Å². The van der Waals surface area contributed by atoms with Crippen LogP contribution in [0.25, 0.3) is 11.3 Å². The van der Waals surface area contributed by atoms with Gasteiger partial charge in [-0.3, -0.25) is 9.78 Å². The van der Waals surface area contributed by atoms with Crippen LogP contribution in [0.3, 0.4) is 0 Å². The number of ether oxygens (including phenoxy) is 1. The summed E-state index contributed by atoms with van der Waals surface area (Å²) in [7, 11) is 0. The van der Waals surface area contributed by atoms with Gasteiger partial charge in [0.1, 0.15) is 5.75 Å². The van der Waals surface area contributed by atoms with Gasteiger partial charge in [0, 0.05) is 15.9 Å². The molecule has 1 atom stereocenters. The zero-order valence-corrected chi connectivity index (χ0v) is 19.8. The number of hydrogen-bond donors (Lipinski definition) is 3. The van der Waals surface area contributed by atoms with E-state index in [1.54, 1.807) is 16.8 Å². The number of hydrogen-bond acceptors (Lipinski definition) is 6. The summed E-state index contributed by atoms with van der Waals surface area (Å²) < 4.78 is 7.18. The molecule has 0 amide bonds. The van der Waals surface area contributed by atoms with Crippen molar-refractivity contribution in [2.24, 2.45) is 0 Å². The minimum absolute atomic E-state index is 0.276. The predicted molar refractivity (Wildman–Crippen MR) is 133 cm³/mol. The molecule has 176 valence electrons. The molecular weight excluding hydrogens is 488 g/mol. The quantitative estimate of drug-likeness (QED) is 0.255. The van der Waals surface area contributed by atoms with Crippen LogP contribution in [0.2, 0.25) is 5.02 Å². The molecule has 0 spiro atoms. The zero-order valence-electron chi connectivity index (χ0n) is 18.3. The van der Waals surface area contributed by atoms with Crippen LogP contribution in [0.15, 0.2) is 82.7 Å². The molecular formula is C25H20ClN4O4S+. The molecule has 3 aromatic carbocycles. The topological polar surface area (TPSA) is 108 Å². The maximum atomic E-state index is 13.3. The molecule has 0 fully saturated rings. The average molecular weight is 508 g/mol. The summed E-state index contributed by atoms with van der Waals surface area (Å²) in [6.45, 7) is -0.483. The van der Waals surface area contributed by atoms with E-state index in [0.29, 0.717) is 32.9 Å². The molecule has 1 aromatic heterocycles. The Balaban J connectivity index is 1.57. The SMILES string of the molecule is O=C(O)COc1ccccc1[C@@H]1Nc2ccccc2-c2c(=O)[nH]c(SCc3ccc(Cl)cc3)n[n+]21. The van der Waals surface area contributed by atoms with E-state index < -0.39 is 18.7 Å². The van der Waals surface area contributed by atoms with Gasteiger partial charge in [-0.05, 0) is 46.6 Å². The van der Waals surface area contributed by atoms with Crippen LogP contribution in [-0.4, -0.2) is 27.8 Å². The summed E-state index contributed by atoms with van der Waals surface area (Å²) in [6, 6.07) is 22.1. The molecule has 5 rings (SSSR count). The number of carboxylic acid groups (broad SMARTS) is 1. The Morgan fingerprint density at radius 3 is 2.63 bits per heavy atom. The highest BCUT2D eigenvalue weighted by molar-refractivity contribution is 7.98. The van der Waals surface area contributed by atoms with Gasteiger partial charge in [-0.25, -0.2) is 4.79 Å². The lowest BCUT2D eigenvalue weighted by atomic mass is 10.0. The van der Waals surface area contributed by atoms with E-state index in [4.69, 9.17) is 26.5 Å². The highest BCUT2D eigenvalue weighted by atomic mass is 35.5. The van der Waals surface area contributed by atoms with E-state index in [1.807, 2.05) is 60.7 Å². The van der Waals surface area contributed by atoms with E-state index in [2.05, 4.69) is 10.3 Å². The maximum Gasteiger partial charge on any atom is 0.341 e. The van der Waals surface area contributed by atoms with Crippen molar-refractivity contribution < 1.29 is 19.3 Å². The molecule has 1 aliphatic rings. The summed E-state index contributed by atoms with van der Waals surface area (Å²) in [4.78, 5) is 27.3. The van der Waals surface area contributed by atoms with Crippen LogP contribution in [-0.2, 0) is 10.5 Å². The Bertz CT molecular complexity index is 1460. The fraction of sp³-hybridized carbons (Fsp3) is 0.120. The minimum atomic E-state index is -1.08. The highest BCUT2D eigenvalue weighted by Crippen LogP contribution is 2.34. The highest BCUT2D eigenvalue weighted by Gasteiger charge is 2.39. The summed E-state index contributed by atoms with van der Waals surface area (Å²) >= 11 is 7.37. The van der Waals surface area contributed by atoms with Crippen LogP contribution in [0.4, 0.5) is 5.69 Å². The lowest BCUT2D eigenvalue weighted by Crippen LogP contribution is -2.55. The molecule has 1 aliphatic heterocycles. The monoisotopic (exact) mass is 507 g/mol. The zero-order chi connectivity index (χ0) is 24.4. The molecule has 4 aromatic rings. The number of anilines is 1. The number of aromatic nitrogens is 3. The second-order valence-corrected chi connectivity index (χ2v) is 9.18. The Morgan fingerprint density at radius 1 is 1.09 bits per heavy atom. The van der Waals surface area contributed by atoms with E-state index in [-0.39, 0.29) is 5.56 Å². The van der Waals surface area contributed by atoms with Crippen LogP contribution in [0, 0.1) is 0 Å². The third-order valence-corrected chi connectivity index (χ3v) is 6.62. The number of nitrogens with zero attached hydrogens (tertiary/aromatic N) is 2. The average Bonchev–Trinajstić information content (AvgIpc) is 2.86. The van der Waals surface area contributed by atoms with Crippen molar-refractivity contribution in [1.29, 1.82) is 0 Å². The summed E-state index contributed by atoms with van der Waals surface area (Å²) in [5.41, 5.74) is 3.29. The van der Waals surface area contributed by atoms with Gasteiger partial charge in [-0.1, -0.05) is 59.8 Å². The first kappa shape index (κ1) is 22.9. The number of rotatable bonds is 7. The summed E-state index contributed by atoms with van der Waals surface area (Å²) in [5.74, 6) is -0.0974. The van der Waals surface area contributed by atoms with E-state index in [1.165, 1.54) is 11.8 Å². The second kappa shape index (κ2) is 9.81. The van der Waals surface area contributed by atoms with Crippen LogP contribution in [0.1, 0.15) is 17.3 Å². The number of halogens is 1. The number of carbonyl (C=O) groups is 1. The van der Waals surface area contributed by atoms with Gasteiger partial charge in [0.15, 0.2) is 6.61 Å². The van der Waals surface area contributed by atoms with Gasteiger partial charge in [-0.2, -0.15) is 0 Å². The van der Waals surface area contributed by atoms with Crippen molar-refractivity contribution in [3.05, 3.63) is 99.3 Å². The molecule has 0 saturated heterocycles.